The number of imide groups is 1. The predicted molar refractivity (Wildman–Crippen MR) is 111 cm³/mol. The number of hydrogen-bond donors (Lipinski definition) is 1. The van der Waals surface area contributed by atoms with E-state index in [-0.39, 0.29) is 18.1 Å². The molecule has 0 aliphatic carbocycles. The molecular formula is C22H18ClN3O3. The van der Waals surface area contributed by atoms with Crippen molar-refractivity contribution >= 4 is 29.6 Å². The van der Waals surface area contributed by atoms with E-state index in [1.165, 1.54) is 4.90 Å². The minimum absolute atomic E-state index is 0.179. The van der Waals surface area contributed by atoms with Crippen LogP contribution in [0.2, 0.25) is 5.02 Å². The molecule has 0 bridgehead atoms. The van der Waals surface area contributed by atoms with Gasteiger partial charge in [0, 0.05) is 22.6 Å². The number of nitrogens with one attached hydrogen (secondary N) is 1. The Balaban J connectivity index is 1.57. The van der Waals surface area contributed by atoms with Crippen molar-refractivity contribution in [3.8, 4) is 11.4 Å². The number of benzene rings is 2. The fraction of sp³-hybridized carbons (Fsp3) is 0.0909. The first kappa shape index (κ1) is 18.8. The maximum Gasteiger partial charge on any atom is 0.329 e. The minimum Gasteiger partial charge on any atom is -0.497 e. The monoisotopic (exact) mass is 407 g/mol. The van der Waals surface area contributed by atoms with Gasteiger partial charge in [0.25, 0.3) is 5.91 Å². The maximum atomic E-state index is 12.8. The van der Waals surface area contributed by atoms with Crippen LogP contribution in [0.4, 0.5) is 4.79 Å². The number of urea groups is 1. The van der Waals surface area contributed by atoms with E-state index in [0.717, 1.165) is 22.7 Å². The summed E-state index contributed by atoms with van der Waals surface area (Å²) in [5.74, 6) is 0.393. The predicted octanol–water partition coefficient (Wildman–Crippen LogP) is 4.23. The fourth-order valence-electron chi connectivity index (χ4n) is 3.13. The molecule has 4 rings (SSSR count). The molecule has 29 heavy (non-hydrogen) atoms. The Morgan fingerprint density at radius 1 is 1.03 bits per heavy atom. The average molecular weight is 408 g/mol. The van der Waals surface area contributed by atoms with Gasteiger partial charge in [0.1, 0.15) is 11.4 Å². The second-order valence-electron chi connectivity index (χ2n) is 6.51. The molecule has 6 nitrogen and oxygen atoms in total. The van der Waals surface area contributed by atoms with Crippen LogP contribution in [-0.2, 0) is 11.3 Å². The highest BCUT2D eigenvalue weighted by Gasteiger charge is 2.33. The number of hydrogen-bond acceptors (Lipinski definition) is 3. The first-order chi connectivity index (χ1) is 14.0. The lowest BCUT2D eigenvalue weighted by Gasteiger charge is -2.11. The van der Waals surface area contributed by atoms with Gasteiger partial charge in [0.05, 0.1) is 13.7 Å². The normalized spacial score (nSPS) is 15.1. The molecule has 7 heteroatoms. The van der Waals surface area contributed by atoms with Crippen LogP contribution < -0.4 is 10.1 Å². The van der Waals surface area contributed by atoms with Crippen LogP contribution >= 0.6 is 11.6 Å². The van der Waals surface area contributed by atoms with E-state index in [2.05, 4.69) is 5.32 Å². The van der Waals surface area contributed by atoms with Gasteiger partial charge in [0.15, 0.2) is 0 Å². The van der Waals surface area contributed by atoms with Gasteiger partial charge < -0.3 is 14.6 Å². The molecule has 3 aromatic rings. The molecule has 1 fully saturated rings. The lowest BCUT2D eigenvalue weighted by molar-refractivity contribution is -0.123. The van der Waals surface area contributed by atoms with Gasteiger partial charge in [-0.2, -0.15) is 0 Å². The topological polar surface area (TPSA) is 63.6 Å². The Morgan fingerprint density at radius 3 is 2.45 bits per heavy atom. The Morgan fingerprint density at radius 2 is 1.76 bits per heavy atom. The van der Waals surface area contributed by atoms with E-state index >= 15 is 0 Å². The molecule has 0 unspecified atom stereocenters. The number of carbonyl (C=O) groups excluding carboxylic acids is 2. The average Bonchev–Trinajstić information content (AvgIpc) is 3.30. The van der Waals surface area contributed by atoms with Crippen LogP contribution in [0.5, 0.6) is 5.75 Å². The van der Waals surface area contributed by atoms with Crippen LogP contribution in [0.15, 0.2) is 72.6 Å². The highest BCUT2D eigenvalue weighted by Crippen LogP contribution is 2.21. The Bertz CT molecular complexity index is 1090. The van der Waals surface area contributed by atoms with E-state index < -0.39 is 6.03 Å². The van der Waals surface area contributed by atoms with Crippen LogP contribution in [-0.4, -0.2) is 28.5 Å². The molecule has 2 heterocycles. The molecule has 1 aromatic heterocycles. The zero-order valence-electron chi connectivity index (χ0n) is 15.6. The van der Waals surface area contributed by atoms with Crippen molar-refractivity contribution in [1.82, 2.24) is 14.8 Å². The van der Waals surface area contributed by atoms with Gasteiger partial charge in [-0.15, -0.1) is 0 Å². The molecule has 3 amide bonds. The Labute approximate surface area is 173 Å². The van der Waals surface area contributed by atoms with E-state index in [1.54, 1.807) is 37.5 Å². The number of halogens is 1. The molecular weight excluding hydrogens is 390 g/mol. The quantitative estimate of drug-likeness (QED) is 0.508. The summed E-state index contributed by atoms with van der Waals surface area (Å²) >= 11 is 5.89. The molecule has 0 atom stereocenters. The number of ether oxygens (including phenoxy) is 1. The van der Waals surface area contributed by atoms with Crippen molar-refractivity contribution < 1.29 is 14.3 Å². The summed E-state index contributed by atoms with van der Waals surface area (Å²) in [6.07, 6.45) is 3.56. The van der Waals surface area contributed by atoms with Gasteiger partial charge in [0.2, 0.25) is 0 Å². The summed E-state index contributed by atoms with van der Waals surface area (Å²) in [6, 6.07) is 17.9. The van der Waals surface area contributed by atoms with Crippen molar-refractivity contribution in [1.29, 1.82) is 0 Å². The van der Waals surface area contributed by atoms with Crippen LogP contribution in [0, 0.1) is 0 Å². The summed E-state index contributed by atoms with van der Waals surface area (Å²) in [4.78, 5) is 26.3. The molecule has 0 radical (unpaired) electrons. The van der Waals surface area contributed by atoms with Crippen molar-refractivity contribution in [2.75, 3.05) is 7.11 Å². The third-order valence-corrected chi connectivity index (χ3v) is 4.89. The number of aromatic nitrogens is 1. The zero-order chi connectivity index (χ0) is 20.4. The Hall–Kier alpha value is -3.51. The first-order valence-corrected chi connectivity index (χ1v) is 9.34. The summed E-state index contributed by atoms with van der Waals surface area (Å²) in [5.41, 5.74) is 2.74. The molecule has 0 saturated carbocycles. The summed E-state index contributed by atoms with van der Waals surface area (Å²) in [7, 11) is 1.62. The van der Waals surface area contributed by atoms with E-state index in [9.17, 15) is 9.59 Å². The highest BCUT2D eigenvalue weighted by atomic mass is 35.5. The second-order valence-corrected chi connectivity index (χ2v) is 6.94. The second kappa shape index (κ2) is 7.85. The number of carbonyl (C=O) groups is 2. The lowest BCUT2D eigenvalue weighted by Crippen LogP contribution is -2.30. The molecule has 1 saturated heterocycles. The van der Waals surface area contributed by atoms with E-state index in [0.29, 0.717) is 5.02 Å². The number of amides is 3. The zero-order valence-corrected chi connectivity index (χ0v) is 16.4. The first-order valence-electron chi connectivity index (χ1n) is 8.96. The van der Waals surface area contributed by atoms with Crippen molar-refractivity contribution in [3.63, 3.8) is 0 Å². The highest BCUT2D eigenvalue weighted by molar-refractivity contribution is 6.30. The molecule has 2 aromatic carbocycles. The van der Waals surface area contributed by atoms with Crippen LogP contribution in [0.25, 0.3) is 11.8 Å². The summed E-state index contributed by atoms with van der Waals surface area (Å²) in [6.45, 7) is 0.179. The third-order valence-electron chi connectivity index (χ3n) is 4.64. The van der Waals surface area contributed by atoms with Crippen molar-refractivity contribution in [3.05, 3.63) is 88.8 Å². The molecule has 0 spiro atoms. The molecule has 146 valence electrons. The number of nitrogens with zero attached hydrogens (tertiary/aromatic N) is 2. The van der Waals surface area contributed by atoms with Gasteiger partial charge in [-0.25, -0.2) is 4.79 Å². The Kier molecular flexibility index (Phi) is 5.10. The van der Waals surface area contributed by atoms with Gasteiger partial charge in [-0.1, -0.05) is 23.7 Å². The van der Waals surface area contributed by atoms with Crippen molar-refractivity contribution in [2.24, 2.45) is 0 Å². The smallest absolute Gasteiger partial charge is 0.329 e. The van der Waals surface area contributed by atoms with Crippen LogP contribution in [0.1, 0.15) is 11.3 Å². The number of methoxy groups -OCH3 is 1. The van der Waals surface area contributed by atoms with Gasteiger partial charge in [-0.3, -0.25) is 9.69 Å². The summed E-state index contributed by atoms with van der Waals surface area (Å²) < 4.78 is 7.12. The fourth-order valence-corrected chi connectivity index (χ4v) is 3.25. The molecule has 1 aliphatic heterocycles. The van der Waals surface area contributed by atoms with Crippen molar-refractivity contribution in [2.45, 2.75) is 6.54 Å². The van der Waals surface area contributed by atoms with Crippen LogP contribution in [0.3, 0.4) is 0 Å². The third kappa shape index (κ3) is 3.88. The van der Waals surface area contributed by atoms with Gasteiger partial charge >= 0.3 is 6.03 Å². The molecule has 1 aliphatic rings. The molecule has 1 N–H and O–H groups in total. The lowest BCUT2D eigenvalue weighted by atomic mass is 10.2. The van der Waals surface area contributed by atoms with E-state index in [1.807, 2.05) is 47.2 Å². The maximum absolute atomic E-state index is 12.8. The standard InChI is InChI=1S/C22H18ClN3O3/c1-29-19-10-8-17(9-11-19)25-12-2-3-18(25)13-20-21(27)26(22(28)24-20)14-15-4-6-16(23)7-5-15/h2-13H,14H2,1H3,(H,24,28). The van der Waals surface area contributed by atoms with E-state index in [4.69, 9.17) is 16.3 Å². The summed E-state index contributed by atoms with van der Waals surface area (Å²) in [5, 5.41) is 3.26. The number of rotatable bonds is 5. The largest absolute Gasteiger partial charge is 0.497 e. The minimum atomic E-state index is -0.446. The SMILES string of the molecule is COc1ccc(-n2cccc2C=C2NC(=O)N(Cc3ccc(Cl)cc3)C2=O)cc1. The van der Waals surface area contributed by atoms with Gasteiger partial charge in [-0.05, 0) is 60.2 Å².